The normalized spacial score (nSPS) is 10.6. The van der Waals surface area contributed by atoms with Crippen LogP contribution in [0, 0.1) is 11.3 Å². The van der Waals surface area contributed by atoms with E-state index in [-0.39, 0.29) is 5.75 Å². The molecule has 0 radical (unpaired) electrons. The number of benzene rings is 2. The molecule has 0 amide bonds. The molecule has 2 aromatic carbocycles. The molecule has 0 saturated heterocycles. The summed E-state index contributed by atoms with van der Waals surface area (Å²) in [6, 6.07) is 21.0. The van der Waals surface area contributed by atoms with Crippen LogP contribution in [0.4, 0.5) is 0 Å². The van der Waals surface area contributed by atoms with Gasteiger partial charge in [0.05, 0.1) is 11.3 Å². The van der Waals surface area contributed by atoms with Gasteiger partial charge in [-0.15, -0.1) is 0 Å². The number of nitrogens with zero attached hydrogens (tertiary/aromatic N) is 2. The Hall–Kier alpha value is -3.58. The lowest BCUT2D eigenvalue weighted by atomic mass is 9.98. The van der Waals surface area contributed by atoms with Crippen LogP contribution in [0.1, 0.15) is 5.56 Å². The highest BCUT2D eigenvalue weighted by Crippen LogP contribution is 2.38. The standard InChI is InChI=1S/C20H13N3O/c21-11-13-10-17-18(14-6-8-16(24)9-7-14)19(23-20(17)22-12-13)15-4-2-1-3-5-15/h1-10,12,24H,(H,22,23). The first kappa shape index (κ1) is 14.0. The first-order chi connectivity index (χ1) is 11.8. The molecule has 4 aromatic rings. The monoisotopic (exact) mass is 311 g/mol. The molecule has 0 bridgehead atoms. The van der Waals surface area contributed by atoms with Crippen LogP contribution >= 0.6 is 0 Å². The molecule has 0 aliphatic rings. The molecular weight excluding hydrogens is 298 g/mol. The number of aromatic hydroxyl groups is 1. The Kier molecular flexibility index (Phi) is 3.25. The largest absolute Gasteiger partial charge is 0.508 e. The molecule has 114 valence electrons. The number of phenolic OH excluding ortho intramolecular Hbond substituents is 1. The molecule has 4 heteroatoms. The van der Waals surface area contributed by atoms with Crippen LogP contribution in [0.3, 0.4) is 0 Å². The molecule has 0 aliphatic carbocycles. The van der Waals surface area contributed by atoms with E-state index in [1.165, 1.54) is 0 Å². The fourth-order valence-electron chi connectivity index (χ4n) is 2.88. The molecule has 0 aliphatic heterocycles. The van der Waals surface area contributed by atoms with E-state index in [0.717, 1.165) is 33.4 Å². The van der Waals surface area contributed by atoms with E-state index in [1.54, 1.807) is 18.3 Å². The van der Waals surface area contributed by atoms with Crippen LogP contribution in [0.2, 0.25) is 0 Å². The number of fused-ring (bicyclic) bond motifs is 1. The Morgan fingerprint density at radius 2 is 1.71 bits per heavy atom. The number of hydrogen-bond donors (Lipinski definition) is 2. The summed E-state index contributed by atoms with van der Waals surface area (Å²) in [6.45, 7) is 0. The van der Waals surface area contributed by atoms with E-state index in [2.05, 4.69) is 16.0 Å². The van der Waals surface area contributed by atoms with Gasteiger partial charge in [0.1, 0.15) is 17.5 Å². The molecule has 24 heavy (non-hydrogen) atoms. The highest BCUT2D eigenvalue weighted by Gasteiger charge is 2.16. The van der Waals surface area contributed by atoms with Crippen molar-refractivity contribution in [1.29, 1.82) is 5.26 Å². The molecule has 0 atom stereocenters. The van der Waals surface area contributed by atoms with Crippen LogP contribution < -0.4 is 0 Å². The Balaban J connectivity index is 2.06. The molecule has 4 nitrogen and oxygen atoms in total. The number of aromatic amines is 1. The maximum atomic E-state index is 9.57. The van der Waals surface area contributed by atoms with E-state index < -0.39 is 0 Å². The maximum Gasteiger partial charge on any atom is 0.138 e. The fraction of sp³-hybridized carbons (Fsp3) is 0. The molecular formula is C20H13N3O. The zero-order valence-corrected chi connectivity index (χ0v) is 12.7. The summed E-state index contributed by atoms with van der Waals surface area (Å²) >= 11 is 0. The van der Waals surface area contributed by atoms with Crippen molar-refractivity contribution in [3.05, 3.63) is 72.4 Å². The zero-order chi connectivity index (χ0) is 16.5. The van der Waals surface area contributed by atoms with E-state index in [9.17, 15) is 10.4 Å². The predicted molar refractivity (Wildman–Crippen MR) is 93.3 cm³/mol. The van der Waals surface area contributed by atoms with Crippen LogP contribution in [0.25, 0.3) is 33.4 Å². The lowest BCUT2D eigenvalue weighted by molar-refractivity contribution is 0.475. The number of hydrogen-bond acceptors (Lipinski definition) is 3. The summed E-state index contributed by atoms with van der Waals surface area (Å²) in [5, 5.41) is 19.6. The van der Waals surface area contributed by atoms with Crippen molar-refractivity contribution in [1.82, 2.24) is 9.97 Å². The minimum absolute atomic E-state index is 0.218. The lowest BCUT2D eigenvalue weighted by Crippen LogP contribution is -1.83. The topological polar surface area (TPSA) is 72.7 Å². The zero-order valence-electron chi connectivity index (χ0n) is 12.7. The molecule has 0 unspecified atom stereocenters. The highest BCUT2D eigenvalue weighted by molar-refractivity contribution is 6.02. The van der Waals surface area contributed by atoms with Gasteiger partial charge in [-0.2, -0.15) is 5.26 Å². The van der Waals surface area contributed by atoms with Gasteiger partial charge in [-0.1, -0.05) is 42.5 Å². The lowest BCUT2D eigenvalue weighted by Gasteiger charge is -2.06. The van der Waals surface area contributed by atoms with Crippen LogP contribution in [0.15, 0.2) is 66.9 Å². The average molecular weight is 311 g/mol. The van der Waals surface area contributed by atoms with Gasteiger partial charge in [-0.25, -0.2) is 4.98 Å². The fourth-order valence-corrected chi connectivity index (χ4v) is 2.88. The Labute approximate surface area is 138 Å². The van der Waals surface area contributed by atoms with Gasteiger partial charge >= 0.3 is 0 Å². The van der Waals surface area contributed by atoms with E-state index in [0.29, 0.717) is 5.56 Å². The Morgan fingerprint density at radius 3 is 2.42 bits per heavy atom. The number of rotatable bonds is 2. The second-order valence-electron chi connectivity index (χ2n) is 5.52. The van der Waals surface area contributed by atoms with Gasteiger partial charge in [0, 0.05) is 17.1 Å². The molecule has 2 aromatic heterocycles. The van der Waals surface area contributed by atoms with Crippen molar-refractivity contribution in [3.8, 4) is 34.2 Å². The SMILES string of the molecule is N#Cc1cnc2[nH]c(-c3ccccc3)c(-c3ccc(O)cc3)c2c1. The third-order valence-electron chi connectivity index (χ3n) is 4.00. The van der Waals surface area contributed by atoms with Gasteiger partial charge in [0.15, 0.2) is 0 Å². The minimum atomic E-state index is 0.218. The molecule has 0 spiro atoms. The summed E-state index contributed by atoms with van der Waals surface area (Å²) < 4.78 is 0. The number of phenols is 1. The molecule has 2 N–H and O–H groups in total. The third-order valence-corrected chi connectivity index (χ3v) is 4.00. The average Bonchev–Trinajstić information content (AvgIpc) is 3.01. The van der Waals surface area contributed by atoms with Gasteiger partial charge in [0.25, 0.3) is 0 Å². The first-order valence-electron chi connectivity index (χ1n) is 7.53. The predicted octanol–water partition coefficient (Wildman–Crippen LogP) is 4.47. The van der Waals surface area contributed by atoms with Gasteiger partial charge < -0.3 is 10.1 Å². The number of aromatic nitrogens is 2. The van der Waals surface area contributed by atoms with Crippen molar-refractivity contribution in [2.45, 2.75) is 0 Å². The quantitative estimate of drug-likeness (QED) is 0.573. The molecule has 0 saturated carbocycles. The van der Waals surface area contributed by atoms with Gasteiger partial charge in [-0.3, -0.25) is 0 Å². The van der Waals surface area contributed by atoms with Crippen molar-refractivity contribution in [2.24, 2.45) is 0 Å². The van der Waals surface area contributed by atoms with Gasteiger partial charge in [-0.05, 0) is 29.3 Å². The summed E-state index contributed by atoms with van der Waals surface area (Å²) in [5.41, 5.74) is 5.16. The Bertz CT molecular complexity index is 1060. The van der Waals surface area contributed by atoms with E-state index in [4.69, 9.17) is 0 Å². The van der Waals surface area contributed by atoms with Gasteiger partial charge in [0.2, 0.25) is 0 Å². The number of nitrogens with one attached hydrogen (secondary N) is 1. The minimum Gasteiger partial charge on any atom is -0.508 e. The summed E-state index contributed by atoms with van der Waals surface area (Å²) in [6.07, 6.45) is 1.56. The van der Waals surface area contributed by atoms with Crippen LogP contribution in [-0.4, -0.2) is 15.1 Å². The van der Waals surface area contributed by atoms with Crippen LogP contribution in [0.5, 0.6) is 5.75 Å². The van der Waals surface area contributed by atoms with Crippen molar-refractivity contribution in [2.75, 3.05) is 0 Å². The molecule has 4 rings (SSSR count). The summed E-state index contributed by atoms with van der Waals surface area (Å²) in [5.74, 6) is 0.218. The second-order valence-corrected chi connectivity index (χ2v) is 5.52. The van der Waals surface area contributed by atoms with Crippen molar-refractivity contribution < 1.29 is 5.11 Å². The molecule has 2 heterocycles. The van der Waals surface area contributed by atoms with Crippen molar-refractivity contribution in [3.63, 3.8) is 0 Å². The number of nitriles is 1. The third kappa shape index (κ3) is 2.29. The van der Waals surface area contributed by atoms with Crippen LogP contribution in [-0.2, 0) is 0 Å². The highest BCUT2D eigenvalue weighted by atomic mass is 16.3. The van der Waals surface area contributed by atoms with Crippen molar-refractivity contribution >= 4 is 11.0 Å². The summed E-state index contributed by atoms with van der Waals surface area (Å²) in [4.78, 5) is 7.74. The Morgan fingerprint density at radius 1 is 0.958 bits per heavy atom. The van der Waals surface area contributed by atoms with E-state index in [1.807, 2.05) is 48.5 Å². The number of pyridine rings is 1. The first-order valence-corrected chi connectivity index (χ1v) is 7.53. The smallest absolute Gasteiger partial charge is 0.138 e. The summed E-state index contributed by atoms with van der Waals surface area (Å²) in [7, 11) is 0. The maximum absolute atomic E-state index is 9.57. The second kappa shape index (κ2) is 5.56. The number of H-pyrrole nitrogens is 1. The van der Waals surface area contributed by atoms with E-state index >= 15 is 0 Å². The molecule has 0 fully saturated rings.